The van der Waals surface area contributed by atoms with Crippen molar-refractivity contribution in [3.63, 3.8) is 0 Å². The largest absolute Gasteiger partial charge is 0.744 e. The van der Waals surface area contributed by atoms with E-state index in [1.54, 1.807) is 0 Å². The van der Waals surface area contributed by atoms with Crippen LogP contribution in [0.1, 0.15) is 24.0 Å². The minimum atomic E-state index is -4.84. The van der Waals surface area contributed by atoms with Crippen LogP contribution < -0.4 is 0 Å². The molecule has 0 atom stereocenters. The molecule has 1 saturated heterocycles. The van der Waals surface area contributed by atoms with Gasteiger partial charge in [0.25, 0.3) is 0 Å². The quantitative estimate of drug-likeness (QED) is 0.614. The first-order chi connectivity index (χ1) is 12.1. The van der Waals surface area contributed by atoms with Crippen LogP contribution in [0, 0.1) is 25.5 Å². The van der Waals surface area contributed by atoms with Crippen molar-refractivity contribution in [2.45, 2.75) is 36.5 Å². The zero-order valence-electron chi connectivity index (χ0n) is 14.5. The average molecular weight is 402 g/mol. The van der Waals surface area contributed by atoms with Gasteiger partial charge < -0.3 is 9.66 Å². The summed E-state index contributed by atoms with van der Waals surface area (Å²) < 4.78 is 55.5. The van der Waals surface area contributed by atoms with E-state index in [1.165, 1.54) is 29.2 Å². The summed E-state index contributed by atoms with van der Waals surface area (Å²) in [5, 5.41) is 9.68. The highest BCUT2D eigenvalue weighted by Gasteiger charge is 2.27. The Morgan fingerprint density at radius 2 is 1.58 bits per heavy atom. The van der Waals surface area contributed by atoms with Gasteiger partial charge in [-0.2, -0.15) is 0 Å². The molecule has 4 nitrogen and oxygen atoms in total. The van der Waals surface area contributed by atoms with Gasteiger partial charge in [-0.25, -0.2) is 17.2 Å². The topological polar surface area (TPSA) is 77.4 Å². The van der Waals surface area contributed by atoms with Gasteiger partial charge in [-0.15, -0.1) is 0 Å². The number of phenolic OH excluding ortho intramolecular Hbond substituents is 1. The van der Waals surface area contributed by atoms with Gasteiger partial charge in [-0.3, -0.25) is 0 Å². The van der Waals surface area contributed by atoms with E-state index < -0.39 is 26.6 Å². The van der Waals surface area contributed by atoms with Crippen LogP contribution in [0.15, 0.2) is 40.1 Å². The van der Waals surface area contributed by atoms with Crippen LogP contribution in [-0.4, -0.2) is 29.6 Å². The summed E-state index contributed by atoms with van der Waals surface area (Å²) in [6.45, 7) is 3.98. The first kappa shape index (κ1) is 20.7. The molecule has 142 valence electrons. The van der Waals surface area contributed by atoms with Crippen LogP contribution in [0.25, 0.3) is 0 Å². The van der Waals surface area contributed by atoms with Crippen LogP contribution in [0.5, 0.6) is 5.75 Å². The number of phenols is 1. The summed E-state index contributed by atoms with van der Waals surface area (Å²) in [6, 6.07) is 5.96. The van der Waals surface area contributed by atoms with Gasteiger partial charge in [-0.05, 0) is 62.1 Å². The predicted molar refractivity (Wildman–Crippen MR) is 96.5 cm³/mol. The van der Waals surface area contributed by atoms with Crippen LogP contribution in [0.4, 0.5) is 8.78 Å². The molecule has 3 rings (SSSR count). The molecule has 2 aromatic rings. The van der Waals surface area contributed by atoms with E-state index in [1.807, 2.05) is 13.8 Å². The Kier molecular flexibility index (Phi) is 6.65. The van der Waals surface area contributed by atoms with Crippen molar-refractivity contribution in [2.24, 2.45) is 0 Å². The molecule has 0 aromatic heterocycles. The van der Waals surface area contributed by atoms with Crippen molar-refractivity contribution >= 4 is 21.0 Å². The Hall–Kier alpha value is -1.64. The fraction of sp³-hybridized carbons (Fsp3) is 0.333. The standard InChI is InChI=1S/C12H16OS.C6H4F2O3S/c1-9-7-11(8-10(2)12(9)13)14-5-3-4-6-14;7-4-1-2-6(5(8)3-4)12(9,10)11/h7-8H,3-6H2,1-2H3;1-3H,(H,9,10,11). The van der Waals surface area contributed by atoms with Gasteiger partial charge in [0.2, 0.25) is 0 Å². The Morgan fingerprint density at radius 1 is 1.04 bits per heavy atom. The summed E-state index contributed by atoms with van der Waals surface area (Å²) in [7, 11) is -4.37. The maximum atomic E-state index is 12.5. The zero-order chi connectivity index (χ0) is 19.5. The Balaban J connectivity index is 0.000000190. The lowest BCUT2D eigenvalue weighted by molar-refractivity contribution is 0.453. The molecule has 1 heterocycles. The molecule has 0 aliphatic carbocycles. The van der Waals surface area contributed by atoms with Gasteiger partial charge in [0.05, 0.1) is 4.90 Å². The lowest BCUT2D eigenvalue weighted by atomic mass is 10.1. The zero-order valence-corrected chi connectivity index (χ0v) is 16.1. The van der Waals surface area contributed by atoms with Crippen LogP contribution in [0.3, 0.4) is 0 Å². The van der Waals surface area contributed by atoms with Crippen LogP contribution in [0.2, 0.25) is 0 Å². The molecule has 0 saturated carbocycles. The van der Waals surface area contributed by atoms with Crippen molar-refractivity contribution in [1.29, 1.82) is 0 Å². The minimum absolute atomic E-state index is 0.338. The molecular weight excluding hydrogens is 382 g/mol. The van der Waals surface area contributed by atoms with Gasteiger partial charge >= 0.3 is 0 Å². The van der Waals surface area contributed by atoms with Gasteiger partial charge in [-0.1, -0.05) is 0 Å². The third-order valence-corrected chi connectivity index (χ3v) is 7.33. The average Bonchev–Trinajstić information content (AvgIpc) is 3.05. The fourth-order valence-corrected chi connectivity index (χ4v) is 5.65. The van der Waals surface area contributed by atoms with Crippen molar-refractivity contribution in [1.82, 2.24) is 0 Å². The Labute approximate surface area is 155 Å². The molecule has 1 N–H and O–H groups in total. The molecule has 26 heavy (non-hydrogen) atoms. The van der Waals surface area contributed by atoms with E-state index in [0.717, 1.165) is 11.1 Å². The maximum Gasteiger partial charge on any atom is 0.155 e. The van der Waals surface area contributed by atoms with Crippen LogP contribution >= 0.6 is 0 Å². The van der Waals surface area contributed by atoms with Gasteiger partial charge in [0.1, 0.15) is 39.0 Å². The summed E-state index contributed by atoms with van der Waals surface area (Å²) in [5.41, 5.74) is 2.05. The molecule has 0 spiro atoms. The first-order valence-electron chi connectivity index (χ1n) is 7.98. The lowest BCUT2D eigenvalue weighted by Crippen LogP contribution is -2.04. The fourth-order valence-electron chi connectivity index (χ4n) is 2.65. The predicted octanol–water partition coefficient (Wildman–Crippen LogP) is 3.65. The molecule has 1 fully saturated rings. The molecule has 8 heteroatoms. The van der Waals surface area contributed by atoms with E-state index in [-0.39, 0.29) is 0 Å². The second-order valence-electron chi connectivity index (χ2n) is 6.04. The third kappa shape index (κ3) is 5.18. The number of hydrogen-bond acceptors (Lipinski definition) is 4. The number of benzene rings is 2. The van der Waals surface area contributed by atoms with E-state index in [0.29, 0.717) is 34.8 Å². The van der Waals surface area contributed by atoms with E-state index in [9.17, 15) is 26.9 Å². The number of rotatable bonds is 2. The number of hydrogen-bond donors (Lipinski definition) is 1. The van der Waals surface area contributed by atoms with E-state index in [4.69, 9.17) is 0 Å². The van der Waals surface area contributed by atoms with E-state index >= 15 is 0 Å². The lowest BCUT2D eigenvalue weighted by Gasteiger charge is -2.06. The second-order valence-corrected chi connectivity index (χ2v) is 9.66. The van der Waals surface area contributed by atoms with Crippen LogP contribution in [-0.2, 0) is 21.0 Å². The van der Waals surface area contributed by atoms with Gasteiger partial charge in [0.15, 0.2) is 4.90 Å². The molecule has 2 aromatic carbocycles. The third-order valence-electron chi connectivity index (χ3n) is 3.99. The molecule has 1 aliphatic rings. The molecule has 0 bridgehead atoms. The van der Waals surface area contributed by atoms with Crippen molar-refractivity contribution < 1.29 is 26.9 Å². The SMILES string of the molecule is Cc1cc([S+]2CCCC2)cc(C)c1O.O=S(=O)([O-])c1ccc(F)cc1F. The number of aryl methyl sites for hydroxylation is 2. The summed E-state index contributed by atoms with van der Waals surface area (Å²) in [5.74, 6) is 0.870. The second kappa shape index (κ2) is 8.37. The number of halogens is 2. The highest BCUT2D eigenvalue weighted by molar-refractivity contribution is 7.97. The normalized spacial score (nSPS) is 14.8. The minimum Gasteiger partial charge on any atom is -0.744 e. The maximum absolute atomic E-state index is 12.5. The molecular formula is C18H20F2O4S2. The van der Waals surface area contributed by atoms with Crippen molar-refractivity contribution in [3.8, 4) is 5.75 Å². The summed E-state index contributed by atoms with van der Waals surface area (Å²) in [4.78, 5) is 0.416. The Morgan fingerprint density at radius 3 is 2.04 bits per heavy atom. The monoisotopic (exact) mass is 402 g/mol. The van der Waals surface area contributed by atoms with Crippen molar-refractivity contribution in [2.75, 3.05) is 11.5 Å². The molecule has 0 unspecified atom stereocenters. The first-order valence-corrected chi connectivity index (χ1v) is 11.0. The number of aromatic hydroxyl groups is 1. The van der Waals surface area contributed by atoms with E-state index in [2.05, 4.69) is 12.1 Å². The summed E-state index contributed by atoms with van der Waals surface area (Å²) >= 11 is 0. The summed E-state index contributed by atoms with van der Waals surface area (Å²) in [6.07, 6.45) is 2.75. The molecule has 0 amide bonds. The smallest absolute Gasteiger partial charge is 0.155 e. The molecule has 1 aliphatic heterocycles. The van der Waals surface area contributed by atoms with Gasteiger partial charge in [0, 0.05) is 17.0 Å². The highest BCUT2D eigenvalue weighted by Crippen LogP contribution is 2.29. The Bertz CT molecular complexity index is 869. The van der Waals surface area contributed by atoms with Crippen molar-refractivity contribution in [3.05, 3.63) is 53.1 Å². The highest BCUT2D eigenvalue weighted by atomic mass is 32.2. The molecule has 0 radical (unpaired) electrons.